The maximum Gasteiger partial charge on any atom is 0.322 e. The molecule has 0 heterocycles. The molecule has 114 valence electrons. The number of rotatable bonds is 6. The highest BCUT2D eigenvalue weighted by Crippen LogP contribution is 2.34. The van der Waals surface area contributed by atoms with Gasteiger partial charge in [0.1, 0.15) is 10.9 Å². The zero-order valence-corrected chi connectivity index (χ0v) is 12.1. The summed E-state index contributed by atoms with van der Waals surface area (Å²) in [5.74, 6) is -1.51. The van der Waals surface area contributed by atoms with Crippen molar-refractivity contribution in [2.75, 3.05) is 0 Å². The third-order valence-corrected chi connectivity index (χ3v) is 4.98. The molecule has 2 rings (SSSR count). The number of nitro groups is 1. The molecule has 1 atom stereocenters. The minimum absolute atomic E-state index is 0.242. The van der Waals surface area contributed by atoms with Crippen LogP contribution in [0.15, 0.2) is 23.1 Å². The van der Waals surface area contributed by atoms with Crippen molar-refractivity contribution in [2.24, 2.45) is 5.92 Å². The average molecular weight is 335 g/mol. The lowest BCUT2D eigenvalue weighted by atomic mass is 10.2. The van der Waals surface area contributed by atoms with Gasteiger partial charge in [-0.3, -0.25) is 14.9 Å². The molecule has 0 aliphatic heterocycles. The average Bonchev–Trinajstić information content (AvgIpc) is 3.19. The molecule has 0 aromatic heterocycles. The van der Waals surface area contributed by atoms with Gasteiger partial charge in [-0.1, -0.05) is 11.6 Å². The maximum atomic E-state index is 12.2. The minimum atomic E-state index is -4.17. The Labute approximate surface area is 124 Å². The van der Waals surface area contributed by atoms with Crippen molar-refractivity contribution in [3.05, 3.63) is 33.3 Å². The number of hydrogen-bond donors (Lipinski definition) is 2. The number of carboxylic acids is 1. The van der Waals surface area contributed by atoms with Crippen LogP contribution in [0.4, 0.5) is 5.69 Å². The number of nitro benzene ring substituents is 1. The highest BCUT2D eigenvalue weighted by atomic mass is 35.5. The van der Waals surface area contributed by atoms with Crippen molar-refractivity contribution in [3.8, 4) is 0 Å². The molecule has 21 heavy (non-hydrogen) atoms. The monoisotopic (exact) mass is 334 g/mol. The van der Waals surface area contributed by atoms with Crippen molar-refractivity contribution < 1.29 is 23.2 Å². The van der Waals surface area contributed by atoms with E-state index in [1.54, 1.807) is 0 Å². The first-order chi connectivity index (χ1) is 9.72. The number of halogens is 1. The van der Waals surface area contributed by atoms with Gasteiger partial charge in [0.15, 0.2) is 0 Å². The van der Waals surface area contributed by atoms with E-state index in [9.17, 15) is 23.3 Å². The van der Waals surface area contributed by atoms with Crippen LogP contribution >= 0.6 is 11.6 Å². The Kier molecular flexibility index (Phi) is 4.17. The largest absolute Gasteiger partial charge is 0.480 e. The van der Waals surface area contributed by atoms with Crippen LogP contribution in [0.2, 0.25) is 5.02 Å². The molecule has 0 bridgehead atoms. The summed E-state index contributed by atoms with van der Waals surface area (Å²) in [7, 11) is -4.17. The molecule has 10 heteroatoms. The third-order valence-electron chi connectivity index (χ3n) is 3.06. The lowest BCUT2D eigenvalue weighted by Gasteiger charge is -2.14. The molecule has 8 nitrogen and oxygen atoms in total. The van der Waals surface area contributed by atoms with Crippen molar-refractivity contribution in [1.29, 1.82) is 0 Å². The van der Waals surface area contributed by atoms with E-state index < -0.39 is 27.0 Å². The van der Waals surface area contributed by atoms with E-state index in [4.69, 9.17) is 16.7 Å². The molecular formula is C11H11ClN2O6S. The Hall–Kier alpha value is -1.71. The predicted octanol–water partition coefficient (Wildman–Crippen LogP) is 1.39. The summed E-state index contributed by atoms with van der Waals surface area (Å²) >= 11 is 5.75. The highest BCUT2D eigenvalue weighted by molar-refractivity contribution is 7.89. The molecule has 1 fully saturated rings. The van der Waals surface area contributed by atoms with Crippen LogP contribution in [0.3, 0.4) is 0 Å². The van der Waals surface area contributed by atoms with Crippen LogP contribution in [0.25, 0.3) is 0 Å². The second kappa shape index (κ2) is 5.58. The van der Waals surface area contributed by atoms with Gasteiger partial charge in [0.25, 0.3) is 5.69 Å². The molecule has 2 N–H and O–H groups in total. The lowest BCUT2D eigenvalue weighted by molar-refractivity contribution is -0.384. The lowest BCUT2D eigenvalue weighted by Crippen LogP contribution is -2.42. The van der Waals surface area contributed by atoms with Crippen molar-refractivity contribution in [3.63, 3.8) is 0 Å². The standard InChI is InChI=1S/C11H11ClN2O6S/c12-8-5-7(14(17)18)3-4-9(8)21(19,20)13-10(11(15)16)6-1-2-6/h3-6,10,13H,1-2H2,(H,15,16). The zero-order valence-electron chi connectivity index (χ0n) is 10.5. The summed E-state index contributed by atoms with van der Waals surface area (Å²) in [5, 5.41) is 19.3. The SMILES string of the molecule is O=C(O)C(NS(=O)(=O)c1ccc([N+](=O)[O-])cc1Cl)C1CC1. The second-order valence-corrected chi connectivity index (χ2v) is 6.74. The Morgan fingerprint density at radius 1 is 1.48 bits per heavy atom. The van der Waals surface area contributed by atoms with Crippen molar-refractivity contribution in [1.82, 2.24) is 4.72 Å². The number of hydrogen-bond acceptors (Lipinski definition) is 5. The Morgan fingerprint density at radius 2 is 2.10 bits per heavy atom. The zero-order chi connectivity index (χ0) is 15.8. The van der Waals surface area contributed by atoms with Gasteiger partial charge in [-0.2, -0.15) is 4.72 Å². The fourth-order valence-corrected chi connectivity index (χ4v) is 3.63. The number of carboxylic acid groups (broad SMARTS) is 1. The van der Waals surface area contributed by atoms with Crippen molar-refractivity contribution >= 4 is 33.3 Å². The number of aliphatic carboxylic acids is 1. The Morgan fingerprint density at radius 3 is 2.52 bits per heavy atom. The number of sulfonamides is 1. The van der Waals surface area contributed by atoms with E-state index in [1.165, 1.54) is 0 Å². The van der Waals surface area contributed by atoms with Crippen LogP contribution in [0.5, 0.6) is 0 Å². The first kappa shape index (κ1) is 15.7. The number of benzene rings is 1. The molecule has 0 amide bonds. The van der Waals surface area contributed by atoms with E-state index >= 15 is 0 Å². The summed E-state index contributed by atoms with van der Waals surface area (Å²) in [6.07, 6.45) is 1.26. The van der Waals surface area contributed by atoms with Crippen LogP contribution < -0.4 is 4.72 Å². The van der Waals surface area contributed by atoms with Gasteiger partial charge in [-0.25, -0.2) is 8.42 Å². The molecule has 1 aromatic carbocycles. The van der Waals surface area contributed by atoms with E-state index in [0.29, 0.717) is 12.8 Å². The first-order valence-electron chi connectivity index (χ1n) is 5.91. The molecule has 1 aliphatic rings. The smallest absolute Gasteiger partial charge is 0.322 e. The summed E-state index contributed by atoms with van der Waals surface area (Å²) in [6, 6.07) is 1.66. The van der Waals surface area contributed by atoms with Gasteiger partial charge in [0, 0.05) is 12.1 Å². The molecular weight excluding hydrogens is 324 g/mol. The number of nitrogens with zero attached hydrogens (tertiary/aromatic N) is 1. The second-order valence-electron chi connectivity index (χ2n) is 4.65. The molecule has 0 saturated heterocycles. The van der Waals surface area contributed by atoms with E-state index in [-0.39, 0.29) is 21.5 Å². The maximum absolute atomic E-state index is 12.2. The number of non-ortho nitro benzene ring substituents is 1. The van der Waals surface area contributed by atoms with Crippen LogP contribution in [0.1, 0.15) is 12.8 Å². The fourth-order valence-electron chi connectivity index (χ4n) is 1.83. The third kappa shape index (κ3) is 3.49. The van der Waals surface area contributed by atoms with Gasteiger partial charge in [0.2, 0.25) is 10.0 Å². The predicted molar refractivity (Wildman–Crippen MR) is 72.6 cm³/mol. The van der Waals surface area contributed by atoms with Gasteiger partial charge in [-0.05, 0) is 24.8 Å². The molecule has 1 unspecified atom stereocenters. The Balaban J connectivity index is 2.31. The summed E-state index contributed by atoms with van der Waals surface area (Å²) in [4.78, 5) is 20.6. The normalized spacial score (nSPS) is 16.4. The first-order valence-corrected chi connectivity index (χ1v) is 7.77. The van der Waals surface area contributed by atoms with Crippen molar-refractivity contribution in [2.45, 2.75) is 23.8 Å². The van der Waals surface area contributed by atoms with E-state index in [1.807, 2.05) is 0 Å². The van der Waals surface area contributed by atoms with Gasteiger partial charge >= 0.3 is 5.97 Å². The van der Waals surface area contributed by atoms with Gasteiger partial charge in [0.05, 0.1) is 9.95 Å². The molecule has 1 aromatic rings. The molecule has 1 saturated carbocycles. The van der Waals surface area contributed by atoms with Crippen LogP contribution in [-0.4, -0.2) is 30.5 Å². The topological polar surface area (TPSA) is 127 Å². The summed E-state index contributed by atoms with van der Waals surface area (Å²) in [6.45, 7) is 0. The molecule has 0 radical (unpaired) electrons. The van der Waals surface area contributed by atoms with Gasteiger partial charge < -0.3 is 5.11 Å². The summed E-state index contributed by atoms with van der Waals surface area (Å²) < 4.78 is 26.4. The number of nitrogens with one attached hydrogen (secondary N) is 1. The van der Waals surface area contributed by atoms with E-state index in [2.05, 4.69) is 4.72 Å². The fraction of sp³-hybridized carbons (Fsp3) is 0.364. The number of carbonyl (C=O) groups is 1. The van der Waals surface area contributed by atoms with Crippen LogP contribution in [0, 0.1) is 16.0 Å². The molecule has 1 aliphatic carbocycles. The van der Waals surface area contributed by atoms with E-state index in [0.717, 1.165) is 18.2 Å². The summed E-state index contributed by atoms with van der Waals surface area (Å²) in [5.41, 5.74) is -0.351. The highest BCUT2D eigenvalue weighted by Gasteiger charge is 2.39. The quantitative estimate of drug-likeness (QED) is 0.598. The Bertz CT molecular complexity index is 701. The minimum Gasteiger partial charge on any atom is -0.480 e. The van der Waals surface area contributed by atoms with Crippen LogP contribution in [-0.2, 0) is 14.8 Å². The molecule has 0 spiro atoms. The van der Waals surface area contributed by atoms with Gasteiger partial charge in [-0.15, -0.1) is 0 Å².